The van der Waals surface area contributed by atoms with Gasteiger partial charge in [-0.3, -0.25) is 0 Å². The summed E-state index contributed by atoms with van der Waals surface area (Å²) < 4.78 is 40.1. The molecular weight excluding hydrogens is 277 g/mol. The quantitative estimate of drug-likeness (QED) is 0.843. The summed E-state index contributed by atoms with van der Waals surface area (Å²) >= 11 is 0. The smallest absolute Gasteiger partial charge is 0.433 e. The van der Waals surface area contributed by atoms with Crippen molar-refractivity contribution < 1.29 is 28.1 Å². The van der Waals surface area contributed by atoms with Gasteiger partial charge in [-0.25, -0.2) is 9.97 Å². The number of aromatic hydroxyl groups is 2. The van der Waals surface area contributed by atoms with Gasteiger partial charge in [0.25, 0.3) is 0 Å². The molecule has 2 heterocycles. The Morgan fingerprint density at radius 2 is 1.50 bits per heavy atom. The Bertz CT molecular complexity index is 527. The van der Waals surface area contributed by atoms with Crippen LogP contribution in [0, 0.1) is 0 Å². The fourth-order valence-electron chi connectivity index (χ4n) is 1.05. The molecule has 0 saturated carbocycles. The van der Waals surface area contributed by atoms with Gasteiger partial charge in [0.15, 0.2) is 0 Å². The summed E-state index contributed by atoms with van der Waals surface area (Å²) in [6, 6.07) is 4.77. The molecule has 0 bridgehead atoms. The molecule has 0 unspecified atom stereocenters. The second-order valence-electron chi connectivity index (χ2n) is 3.46. The highest BCUT2D eigenvalue weighted by molar-refractivity contribution is 5.21. The number of hydrogen-bond donors (Lipinski definition) is 2. The number of alkyl halides is 3. The number of halogens is 3. The molecule has 2 aromatic heterocycles. The summed E-state index contributed by atoms with van der Waals surface area (Å²) in [6.45, 7) is 0. The van der Waals surface area contributed by atoms with Crippen molar-refractivity contribution in [3.05, 3.63) is 42.4 Å². The van der Waals surface area contributed by atoms with Gasteiger partial charge in [-0.05, 0) is 18.2 Å². The summed E-state index contributed by atoms with van der Waals surface area (Å²) in [6.07, 6.45) is -2.35. The third-order valence-corrected chi connectivity index (χ3v) is 1.97. The predicted molar refractivity (Wildman–Crippen MR) is 63.4 cm³/mol. The highest BCUT2D eigenvalue weighted by Gasteiger charge is 2.31. The molecule has 0 radical (unpaired) electrons. The highest BCUT2D eigenvalue weighted by Crippen LogP contribution is 2.27. The average Bonchev–Trinajstić information content (AvgIpc) is 2.40. The molecule has 2 aromatic rings. The third-order valence-electron chi connectivity index (χ3n) is 1.97. The van der Waals surface area contributed by atoms with E-state index in [1.165, 1.54) is 19.4 Å². The summed E-state index contributed by atoms with van der Waals surface area (Å²) in [4.78, 5) is 6.70. The molecule has 2 rings (SSSR count). The molecule has 0 fully saturated rings. The zero-order valence-electron chi connectivity index (χ0n) is 10.3. The summed E-state index contributed by atoms with van der Waals surface area (Å²) in [5.74, 6) is 0.376. The highest BCUT2D eigenvalue weighted by atomic mass is 19.4. The third kappa shape index (κ3) is 5.01. The van der Waals surface area contributed by atoms with E-state index in [4.69, 9.17) is 14.9 Å². The fraction of sp³-hybridized carbons (Fsp3) is 0.167. The summed E-state index contributed by atoms with van der Waals surface area (Å²) in [7, 11) is 1.53. The molecule has 20 heavy (non-hydrogen) atoms. The minimum Gasteiger partial charge on any atom is -0.506 e. The van der Waals surface area contributed by atoms with Gasteiger partial charge in [-0.1, -0.05) is 0 Å². The van der Waals surface area contributed by atoms with Crippen LogP contribution in [-0.4, -0.2) is 27.3 Å². The van der Waals surface area contributed by atoms with Crippen molar-refractivity contribution in [3.63, 3.8) is 0 Å². The minimum absolute atomic E-state index is 0.149. The number of ether oxygens (including phenoxy) is 1. The maximum Gasteiger partial charge on any atom is 0.433 e. The largest absolute Gasteiger partial charge is 0.506 e. The van der Waals surface area contributed by atoms with E-state index in [-0.39, 0.29) is 11.5 Å². The van der Waals surface area contributed by atoms with Gasteiger partial charge in [0.2, 0.25) is 5.88 Å². The Hall–Kier alpha value is -2.51. The molecular formula is C12H11F3N2O3. The molecule has 8 heteroatoms. The normalized spacial score (nSPS) is 10.4. The first kappa shape index (κ1) is 15.5. The number of aromatic nitrogens is 2. The number of methoxy groups -OCH3 is 1. The minimum atomic E-state index is -4.44. The Morgan fingerprint density at radius 1 is 0.950 bits per heavy atom. The molecule has 0 atom stereocenters. The van der Waals surface area contributed by atoms with Crippen molar-refractivity contribution in [3.8, 4) is 17.4 Å². The van der Waals surface area contributed by atoms with Crippen LogP contribution >= 0.6 is 0 Å². The first-order valence-corrected chi connectivity index (χ1v) is 5.24. The second-order valence-corrected chi connectivity index (χ2v) is 3.46. The monoisotopic (exact) mass is 288 g/mol. The van der Waals surface area contributed by atoms with Crippen LogP contribution in [0.15, 0.2) is 36.7 Å². The Balaban J connectivity index is 0.000000204. The van der Waals surface area contributed by atoms with E-state index in [1.54, 1.807) is 6.07 Å². The van der Waals surface area contributed by atoms with E-state index < -0.39 is 11.9 Å². The van der Waals surface area contributed by atoms with Crippen LogP contribution in [0.2, 0.25) is 0 Å². The fourth-order valence-corrected chi connectivity index (χ4v) is 1.05. The van der Waals surface area contributed by atoms with Crippen LogP contribution in [-0.2, 0) is 6.18 Å². The average molecular weight is 288 g/mol. The van der Waals surface area contributed by atoms with Crippen LogP contribution in [0.5, 0.6) is 17.4 Å². The number of nitrogens with zero attached hydrogens (tertiary/aromatic N) is 2. The topological polar surface area (TPSA) is 75.5 Å². The number of pyridine rings is 2. The van der Waals surface area contributed by atoms with Gasteiger partial charge in [-0.15, -0.1) is 0 Å². The van der Waals surface area contributed by atoms with Crippen molar-refractivity contribution in [1.29, 1.82) is 0 Å². The molecule has 0 saturated heterocycles. The van der Waals surface area contributed by atoms with Crippen LogP contribution in [0.4, 0.5) is 13.2 Å². The van der Waals surface area contributed by atoms with E-state index in [9.17, 15) is 13.2 Å². The molecule has 0 aliphatic carbocycles. The van der Waals surface area contributed by atoms with E-state index in [0.717, 1.165) is 18.3 Å². The summed E-state index contributed by atoms with van der Waals surface area (Å²) in [5.41, 5.74) is -1.00. The second kappa shape index (κ2) is 6.60. The lowest BCUT2D eigenvalue weighted by molar-refractivity contribution is -0.141. The predicted octanol–water partition coefficient (Wildman–Crippen LogP) is 2.60. The molecule has 0 aliphatic rings. The number of hydrogen-bond acceptors (Lipinski definition) is 5. The van der Waals surface area contributed by atoms with Gasteiger partial charge in [0.1, 0.15) is 17.2 Å². The zero-order chi connectivity index (χ0) is 15.2. The van der Waals surface area contributed by atoms with Crippen molar-refractivity contribution >= 4 is 0 Å². The van der Waals surface area contributed by atoms with Gasteiger partial charge in [-0.2, -0.15) is 13.2 Å². The lowest BCUT2D eigenvalue weighted by Crippen LogP contribution is -2.06. The van der Waals surface area contributed by atoms with E-state index >= 15 is 0 Å². The van der Waals surface area contributed by atoms with Crippen LogP contribution in [0.3, 0.4) is 0 Å². The van der Waals surface area contributed by atoms with E-state index in [1.807, 2.05) is 0 Å². The van der Waals surface area contributed by atoms with Gasteiger partial charge in [0.05, 0.1) is 19.5 Å². The van der Waals surface area contributed by atoms with Crippen LogP contribution < -0.4 is 4.74 Å². The van der Waals surface area contributed by atoms with Crippen molar-refractivity contribution in [2.75, 3.05) is 7.11 Å². The molecule has 0 aromatic carbocycles. The first-order chi connectivity index (χ1) is 9.32. The van der Waals surface area contributed by atoms with Crippen molar-refractivity contribution in [1.82, 2.24) is 9.97 Å². The molecule has 2 N–H and O–H groups in total. The molecule has 5 nitrogen and oxygen atoms in total. The summed E-state index contributed by atoms with van der Waals surface area (Å²) in [5, 5.41) is 17.3. The lowest BCUT2D eigenvalue weighted by atomic mass is 10.3. The Kier molecular flexibility index (Phi) is 5.13. The SMILES string of the molecule is COc1ccc(O)cn1.Oc1ccc(C(F)(F)F)nc1. The van der Waals surface area contributed by atoms with Crippen molar-refractivity contribution in [2.24, 2.45) is 0 Å². The molecule has 0 amide bonds. The lowest BCUT2D eigenvalue weighted by Gasteiger charge is -2.03. The Morgan fingerprint density at radius 3 is 1.85 bits per heavy atom. The standard InChI is InChI=1S/C6H4F3NO.C6H7NO2/c7-6(8,9)5-2-1-4(11)3-10-5;1-9-6-3-2-5(8)4-7-6/h1-3,11H;2-4,8H,1H3. The maximum atomic E-state index is 11.8. The molecule has 0 aliphatic heterocycles. The molecule has 0 spiro atoms. The van der Waals surface area contributed by atoms with Gasteiger partial charge >= 0.3 is 6.18 Å². The van der Waals surface area contributed by atoms with Gasteiger partial charge in [0, 0.05) is 6.07 Å². The maximum absolute atomic E-state index is 11.8. The first-order valence-electron chi connectivity index (χ1n) is 5.24. The van der Waals surface area contributed by atoms with E-state index in [0.29, 0.717) is 5.88 Å². The van der Waals surface area contributed by atoms with Crippen LogP contribution in [0.25, 0.3) is 0 Å². The van der Waals surface area contributed by atoms with Crippen molar-refractivity contribution in [2.45, 2.75) is 6.18 Å². The number of rotatable bonds is 1. The van der Waals surface area contributed by atoms with Gasteiger partial charge < -0.3 is 14.9 Å². The molecule has 108 valence electrons. The van der Waals surface area contributed by atoms with E-state index in [2.05, 4.69) is 9.97 Å². The Labute approximate surface area is 112 Å². The zero-order valence-corrected chi connectivity index (χ0v) is 10.3. The van der Waals surface area contributed by atoms with Crippen LogP contribution in [0.1, 0.15) is 5.69 Å².